The molecule has 0 aliphatic carbocycles. The monoisotopic (exact) mass is 576 g/mol. The number of hydrogen-bond acceptors (Lipinski definition) is 5. The topological polar surface area (TPSA) is 64.7 Å². The SMILES string of the molecule is c1ccc(-c2ccc(-c3nc(-c4ccc5c(c4)oc4ccccc45)nc(-c4cccc5cccnc45)n3)c3ccccc23)cc1. The minimum absolute atomic E-state index is 0.570. The molecule has 0 aliphatic heterocycles. The molecule has 0 spiro atoms. The molecule has 0 bridgehead atoms. The van der Waals surface area contributed by atoms with E-state index in [2.05, 4.69) is 91.0 Å². The number of rotatable bonds is 4. The number of para-hydroxylation sites is 2. The summed E-state index contributed by atoms with van der Waals surface area (Å²) in [7, 11) is 0. The summed E-state index contributed by atoms with van der Waals surface area (Å²) in [5.74, 6) is 1.74. The average Bonchev–Trinajstić information content (AvgIpc) is 3.49. The van der Waals surface area contributed by atoms with E-state index in [1.165, 1.54) is 5.56 Å². The van der Waals surface area contributed by atoms with E-state index in [0.717, 1.165) is 65.9 Å². The number of fused-ring (bicyclic) bond motifs is 5. The van der Waals surface area contributed by atoms with Gasteiger partial charge in [0.1, 0.15) is 11.2 Å². The van der Waals surface area contributed by atoms with Crippen molar-refractivity contribution in [2.75, 3.05) is 0 Å². The molecule has 0 saturated heterocycles. The third-order valence-corrected chi connectivity index (χ3v) is 8.40. The molecule has 0 fully saturated rings. The van der Waals surface area contributed by atoms with E-state index in [9.17, 15) is 0 Å². The Labute approximate surface area is 258 Å². The van der Waals surface area contributed by atoms with E-state index >= 15 is 0 Å². The number of nitrogens with zero attached hydrogens (tertiary/aromatic N) is 4. The van der Waals surface area contributed by atoms with Crippen molar-refractivity contribution in [3.63, 3.8) is 0 Å². The first-order chi connectivity index (χ1) is 22.3. The van der Waals surface area contributed by atoms with Crippen LogP contribution in [0, 0.1) is 0 Å². The molecule has 5 nitrogen and oxygen atoms in total. The minimum atomic E-state index is 0.570. The van der Waals surface area contributed by atoms with Gasteiger partial charge in [-0.3, -0.25) is 4.98 Å². The molecule has 0 aliphatic rings. The Balaban J connectivity index is 1.30. The van der Waals surface area contributed by atoms with Gasteiger partial charge in [0, 0.05) is 39.0 Å². The normalized spacial score (nSPS) is 11.6. The molecule has 6 aromatic carbocycles. The summed E-state index contributed by atoms with van der Waals surface area (Å²) in [5, 5.41) is 5.39. The molecule has 9 rings (SSSR count). The second-order valence-electron chi connectivity index (χ2n) is 11.1. The molecule has 0 N–H and O–H groups in total. The molecule has 3 heterocycles. The molecule has 3 aromatic heterocycles. The van der Waals surface area contributed by atoms with Crippen LogP contribution in [0.3, 0.4) is 0 Å². The highest BCUT2D eigenvalue weighted by atomic mass is 16.3. The standard InChI is InChI=1S/C40H24N4O/c1-2-10-25(11-3-1)28-21-22-33(30-15-5-4-14-29(28)30)39-42-38(27-19-20-32-31-16-6-7-18-35(31)45-36(32)24-27)43-40(44-39)34-17-8-12-26-13-9-23-41-37(26)34/h1-24H. The third-order valence-electron chi connectivity index (χ3n) is 8.40. The fraction of sp³-hybridized carbons (Fsp3) is 0. The van der Waals surface area contributed by atoms with Gasteiger partial charge in [0.15, 0.2) is 17.5 Å². The first kappa shape index (κ1) is 25.3. The fourth-order valence-corrected chi connectivity index (χ4v) is 6.26. The van der Waals surface area contributed by atoms with Crippen molar-refractivity contribution in [3.05, 3.63) is 146 Å². The van der Waals surface area contributed by atoms with Crippen molar-refractivity contribution in [3.8, 4) is 45.3 Å². The van der Waals surface area contributed by atoms with Crippen LogP contribution in [0.1, 0.15) is 0 Å². The summed E-state index contributed by atoms with van der Waals surface area (Å²) in [6, 6.07) is 47.5. The van der Waals surface area contributed by atoms with Crippen LogP contribution in [0.15, 0.2) is 150 Å². The van der Waals surface area contributed by atoms with Crippen LogP contribution < -0.4 is 0 Å². The lowest BCUT2D eigenvalue weighted by molar-refractivity contribution is 0.669. The van der Waals surface area contributed by atoms with Gasteiger partial charge in [0.05, 0.1) is 5.52 Å². The summed E-state index contributed by atoms with van der Waals surface area (Å²) < 4.78 is 6.23. The van der Waals surface area contributed by atoms with Gasteiger partial charge in [0.25, 0.3) is 0 Å². The molecular weight excluding hydrogens is 552 g/mol. The van der Waals surface area contributed by atoms with Gasteiger partial charge in [-0.15, -0.1) is 0 Å². The summed E-state index contributed by atoms with van der Waals surface area (Å²) in [5.41, 5.74) is 7.47. The van der Waals surface area contributed by atoms with E-state index in [1.807, 2.05) is 48.5 Å². The second-order valence-corrected chi connectivity index (χ2v) is 11.1. The highest BCUT2D eigenvalue weighted by Crippen LogP contribution is 2.37. The molecule has 5 heteroatoms. The summed E-state index contributed by atoms with van der Waals surface area (Å²) in [4.78, 5) is 20.0. The first-order valence-electron chi connectivity index (χ1n) is 14.9. The van der Waals surface area contributed by atoms with Crippen LogP contribution in [0.2, 0.25) is 0 Å². The Morgan fingerprint density at radius 3 is 1.93 bits per heavy atom. The highest BCUT2D eigenvalue weighted by molar-refractivity contribution is 6.06. The highest BCUT2D eigenvalue weighted by Gasteiger charge is 2.18. The summed E-state index contributed by atoms with van der Waals surface area (Å²) >= 11 is 0. The molecule has 0 amide bonds. The van der Waals surface area contributed by atoms with Crippen molar-refractivity contribution in [2.45, 2.75) is 0 Å². The van der Waals surface area contributed by atoms with Gasteiger partial charge in [-0.05, 0) is 58.3 Å². The maximum atomic E-state index is 6.23. The van der Waals surface area contributed by atoms with Gasteiger partial charge in [-0.2, -0.15) is 0 Å². The predicted molar refractivity (Wildman–Crippen MR) is 182 cm³/mol. The number of hydrogen-bond donors (Lipinski definition) is 0. The molecule has 9 aromatic rings. The maximum Gasteiger partial charge on any atom is 0.166 e. The Morgan fingerprint density at radius 1 is 0.400 bits per heavy atom. The maximum absolute atomic E-state index is 6.23. The zero-order valence-corrected chi connectivity index (χ0v) is 24.1. The van der Waals surface area contributed by atoms with Crippen molar-refractivity contribution >= 4 is 43.6 Å². The quantitative estimate of drug-likeness (QED) is 0.209. The van der Waals surface area contributed by atoms with E-state index in [4.69, 9.17) is 24.4 Å². The first-order valence-corrected chi connectivity index (χ1v) is 14.9. The van der Waals surface area contributed by atoms with E-state index in [1.54, 1.807) is 6.20 Å². The molecule has 0 radical (unpaired) electrons. The van der Waals surface area contributed by atoms with Crippen LogP contribution in [-0.2, 0) is 0 Å². The molecule has 0 atom stereocenters. The number of benzene rings is 6. The Kier molecular flexibility index (Phi) is 5.74. The van der Waals surface area contributed by atoms with Crippen LogP contribution in [0.25, 0.3) is 88.9 Å². The average molecular weight is 577 g/mol. The summed E-state index contributed by atoms with van der Waals surface area (Å²) in [6.07, 6.45) is 1.81. The van der Waals surface area contributed by atoms with Crippen LogP contribution in [-0.4, -0.2) is 19.9 Å². The van der Waals surface area contributed by atoms with Gasteiger partial charge < -0.3 is 4.42 Å². The Bertz CT molecular complexity index is 2550. The predicted octanol–water partition coefficient (Wildman–Crippen LogP) is 10.1. The third kappa shape index (κ3) is 4.25. The summed E-state index contributed by atoms with van der Waals surface area (Å²) in [6.45, 7) is 0. The molecule has 210 valence electrons. The smallest absolute Gasteiger partial charge is 0.166 e. The number of pyridine rings is 1. The number of furan rings is 1. The van der Waals surface area contributed by atoms with Crippen molar-refractivity contribution < 1.29 is 4.42 Å². The fourth-order valence-electron chi connectivity index (χ4n) is 6.26. The van der Waals surface area contributed by atoms with Gasteiger partial charge in [-0.25, -0.2) is 15.0 Å². The molecular formula is C40H24N4O. The minimum Gasteiger partial charge on any atom is -0.456 e. The molecule has 45 heavy (non-hydrogen) atoms. The molecule has 0 saturated carbocycles. The van der Waals surface area contributed by atoms with E-state index in [0.29, 0.717) is 17.5 Å². The lowest BCUT2D eigenvalue weighted by atomic mass is 9.94. The Hall–Kier alpha value is -6.20. The second kappa shape index (κ2) is 10.2. The lowest BCUT2D eigenvalue weighted by Gasteiger charge is -2.13. The van der Waals surface area contributed by atoms with Crippen LogP contribution in [0.5, 0.6) is 0 Å². The van der Waals surface area contributed by atoms with E-state index < -0.39 is 0 Å². The molecule has 0 unspecified atom stereocenters. The number of aromatic nitrogens is 4. The van der Waals surface area contributed by atoms with Gasteiger partial charge in [-0.1, -0.05) is 103 Å². The van der Waals surface area contributed by atoms with Crippen molar-refractivity contribution in [1.82, 2.24) is 19.9 Å². The lowest BCUT2D eigenvalue weighted by Crippen LogP contribution is -2.01. The van der Waals surface area contributed by atoms with Crippen molar-refractivity contribution in [1.29, 1.82) is 0 Å². The van der Waals surface area contributed by atoms with Crippen LogP contribution in [0.4, 0.5) is 0 Å². The largest absolute Gasteiger partial charge is 0.456 e. The van der Waals surface area contributed by atoms with Crippen LogP contribution >= 0.6 is 0 Å². The van der Waals surface area contributed by atoms with Gasteiger partial charge in [0.2, 0.25) is 0 Å². The van der Waals surface area contributed by atoms with Crippen molar-refractivity contribution in [2.24, 2.45) is 0 Å². The zero-order valence-electron chi connectivity index (χ0n) is 24.1. The zero-order chi connectivity index (χ0) is 29.7. The van der Waals surface area contributed by atoms with Gasteiger partial charge >= 0.3 is 0 Å². The Morgan fingerprint density at radius 2 is 1.07 bits per heavy atom. The van der Waals surface area contributed by atoms with E-state index in [-0.39, 0.29) is 0 Å².